The van der Waals surface area contributed by atoms with Crippen LogP contribution in [0.15, 0.2) is 30.3 Å². The maximum Gasteiger partial charge on any atom is 0.303 e. The molecule has 98 valence electrons. The highest BCUT2D eigenvalue weighted by molar-refractivity contribution is 5.97. The van der Waals surface area contributed by atoms with Crippen molar-refractivity contribution in [1.82, 2.24) is 0 Å². The number of Topliss-reactive ketones (excluding diaryl/α,β-unsaturated/α-hetero) is 1. The number of benzene rings is 1. The highest BCUT2D eigenvalue weighted by Gasteiger charge is 2.18. The Morgan fingerprint density at radius 1 is 1.17 bits per heavy atom. The molecule has 0 bridgehead atoms. The van der Waals surface area contributed by atoms with Crippen LogP contribution in [0.1, 0.15) is 49.4 Å². The standard InChI is InChI=1S/C15H20O3/c1-2-7-12(10-6-11-14(16)17)15(18)13-8-4-3-5-9-13/h3-5,8-9,12H,2,6-7,10-11H2,1H3,(H,16,17). The molecule has 1 unspecified atom stereocenters. The first-order valence-corrected chi connectivity index (χ1v) is 6.46. The van der Waals surface area contributed by atoms with Crippen molar-refractivity contribution in [2.75, 3.05) is 0 Å². The zero-order chi connectivity index (χ0) is 13.4. The lowest BCUT2D eigenvalue weighted by molar-refractivity contribution is -0.137. The molecule has 0 aliphatic rings. The predicted octanol–water partition coefficient (Wildman–Crippen LogP) is 3.54. The molecule has 18 heavy (non-hydrogen) atoms. The maximum absolute atomic E-state index is 12.3. The van der Waals surface area contributed by atoms with Crippen LogP contribution in [-0.4, -0.2) is 16.9 Å². The summed E-state index contributed by atoms with van der Waals surface area (Å²) < 4.78 is 0. The van der Waals surface area contributed by atoms with Crippen molar-refractivity contribution >= 4 is 11.8 Å². The Labute approximate surface area is 108 Å². The Hall–Kier alpha value is -1.64. The van der Waals surface area contributed by atoms with Gasteiger partial charge in [0.05, 0.1) is 0 Å². The first kappa shape index (κ1) is 14.4. The van der Waals surface area contributed by atoms with Crippen molar-refractivity contribution < 1.29 is 14.7 Å². The summed E-state index contributed by atoms with van der Waals surface area (Å²) in [6.45, 7) is 2.04. The monoisotopic (exact) mass is 248 g/mol. The van der Waals surface area contributed by atoms with Crippen molar-refractivity contribution in [1.29, 1.82) is 0 Å². The van der Waals surface area contributed by atoms with Crippen LogP contribution in [0.25, 0.3) is 0 Å². The second-order valence-electron chi connectivity index (χ2n) is 4.50. The van der Waals surface area contributed by atoms with Gasteiger partial charge in [-0.1, -0.05) is 43.7 Å². The zero-order valence-corrected chi connectivity index (χ0v) is 10.8. The molecule has 1 N–H and O–H groups in total. The first-order chi connectivity index (χ1) is 8.65. The van der Waals surface area contributed by atoms with E-state index in [1.54, 1.807) is 0 Å². The summed E-state index contributed by atoms with van der Waals surface area (Å²) in [4.78, 5) is 22.8. The van der Waals surface area contributed by atoms with Crippen LogP contribution in [0.5, 0.6) is 0 Å². The number of carboxylic acid groups (broad SMARTS) is 1. The van der Waals surface area contributed by atoms with Gasteiger partial charge in [-0.2, -0.15) is 0 Å². The van der Waals surface area contributed by atoms with Gasteiger partial charge in [-0.25, -0.2) is 0 Å². The van der Waals surface area contributed by atoms with Crippen LogP contribution in [-0.2, 0) is 4.79 Å². The highest BCUT2D eigenvalue weighted by Crippen LogP contribution is 2.20. The number of hydrogen-bond acceptors (Lipinski definition) is 2. The van der Waals surface area contributed by atoms with Crippen molar-refractivity contribution in [3.8, 4) is 0 Å². The van der Waals surface area contributed by atoms with E-state index in [0.29, 0.717) is 12.8 Å². The fourth-order valence-corrected chi connectivity index (χ4v) is 2.09. The Balaban J connectivity index is 2.60. The van der Waals surface area contributed by atoms with E-state index in [-0.39, 0.29) is 18.1 Å². The number of rotatable bonds is 8. The third-order valence-corrected chi connectivity index (χ3v) is 3.01. The molecule has 3 heteroatoms. The van der Waals surface area contributed by atoms with Crippen molar-refractivity contribution in [3.05, 3.63) is 35.9 Å². The van der Waals surface area contributed by atoms with E-state index in [0.717, 1.165) is 18.4 Å². The fourth-order valence-electron chi connectivity index (χ4n) is 2.09. The summed E-state index contributed by atoms with van der Waals surface area (Å²) in [7, 11) is 0. The van der Waals surface area contributed by atoms with Gasteiger partial charge in [-0.3, -0.25) is 9.59 Å². The number of aliphatic carboxylic acids is 1. The van der Waals surface area contributed by atoms with E-state index in [4.69, 9.17) is 5.11 Å². The Morgan fingerprint density at radius 2 is 1.83 bits per heavy atom. The summed E-state index contributed by atoms with van der Waals surface area (Å²) >= 11 is 0. The number of hydrogen-bond donors (Lipinski definition) is 1. The summed E-state index contributed by atoms with van der Waals surface area (Å²) in [6.07, 6.45) is 3.14. The van der Waals surface area contributed by atoms with E-state index < -0.39 is 5.97 Å². The lowest BCUT2D eigenvalue weighted by atomic mass is 9.89. The molecule has 1 atom stereocenters. The predicted molar refractivity (Wildman–Crippen MR) is 70.7 cm³/mol. The third-order valence-electron chi connectivity index (χ3n) is 3.01. The minimum Gasteiger partial charge on any atom is -0.481 e. The Morgan fingerprint density at radius 3 is 2.39 bits per heavy atom. The van der Waals surface area contributed by atoms with Gasteiger partial charge >= 0.3 is 5.97 Å². The van der Waals surface area contributed by atoms with E-state index in [2.05, 4.69) is 0 Å². The van der Waals surface area contributed by atoms with Gasteiger partial charge in [0, 0.05) is 17.9 Å². The molecule has 0 saturated heterocycles. The lowest BCUT2D eigenvalue weighted by Gasteiger charge is -2.14. The Kier molecular flexibility index (Phi) is 6.12. The minimum atomic E-state index is -0.794. The van der Waals surface area contributed by atoms with Gasteiger partial charge in [0.25, 0.3) is 0 Å². The van der Waals surface area contributed by atoms with Gasteiger partial charge in [0.2, 0.25) is 0 Å². The molecule has 3 nitrogen and oxygen atoms in total. The summed E-state index contributed by atoms with van der Waals surface area (Å²) in [6, 6.07) is 9.24. The lowest BCUT2D eigenvalue weighted by Crippen LogP contribution is -2.15. The Bertz CT molecular complexity index is 384. The molecule has 1 rings (SSSR count). The van der Waals surface area contributed by atoms with Gasteiger partial charge in [0.15, 0.2) is 5.78 Å². The van der Waals surface area contributed by atoms with Crippen LogP contribution < -0.4 is 0 Å². The summed E-state index contributed by atoms with van der Waals surface area (Å²) in [5, 5.41) is 8.63. The van der Waals surface area contributed by atoms with Crippen molar-refractivity contribution in [2.24, 2.45) is 5.92 Å². The SMILES string of the molecule is CCCC(CCCC(=O)O)C(=O)c1ccccc1. The smallest absolute Gasteiger partial charge is 0.303 e. The average molecular weight is 248 g/mol. The number of carbonyl (C=O) groups is 2. The molecular weight excluding hydrogens is 228 g/mol. The molecule has 0 saturated carbocycles. The molecule has 0 amide bonds. The van der Waals surface area contributed by atoms with Crippen molar-refractivity contribution in [3.63, 3.8) is 0 Å². The molecule has 1 aromatic rings. The van der Waals surface area contributed by atoms with Gasteiger partial charge < -0.3 is 5.11 Å². The summed E-state index contributed by atoms with van der Waals surface area (Å²) in [5.74, 6) is -0.697. The number of carboxylic acids is 1. The van der Waals surface area contributed by atoms with Crippen LogP contribution in [0.2, 0.25) is 0 Å². The van der Waals surface area contributed by atoms with E-state index in [1.165, 1.54) is 0 Å². The highest BCUT2D eigenvalue weighted by atomic mass is 16.4. The van der Waals surface area contributed by atoms with Crippen LogP contribution >= 0.6 is 0 Å². The van der Waals surface area contributed by atoms with Gasteiger partial charge in [-0.05, 0) is 19.3 Å². The molecule has 0 radical (unpaired) electrons. The zero-order valence-electron chi connectivity index (χ0n) is 10.8. The number of carbonyl (C=O) groups excluding carboxylic acids is 1. The molecule has 0 aliphatic carbocycles. The minimum absolute atomic E-state index is 0.0447. The van der Waals surface area contributed by atoms with Crippen LogP contribution in [0.4, 0.5) is 0 Å². The topological polar surface area (TPSA) is 54.4 Å². The molecule has 0 spiro atoms. The largest absolute Gasteiger partial charge is 0.481 e. The third kappa shape index (κ3) is 4.70. The summed E-state index contributed by atoms with van der Waals surface area (Å²) in [5.41, 5.74) is 0.728. The normalized spacial score (nSPS) is 12.1. The van der Waals surface area contributed by atoms with Crippen LogP contribution in [0, 0.1) is 5.92 Å². The van der Waals surface area contributed by atoms with Gasteiger partial charge in [-0.15, -0.1) is 0 Å². The van der Waals surface area contributed by atoms with Crippen LogP contribution in [0.3, 0.4) is 0 Å². The van der Waals surface area contributed by atoms with E-state index >= 15 is 0 Å². The molecule has 0 heterocycles. The second-order valence-corrected chi connectivity index (χ2v) is 4.50. The first-order valence-electron chi connectivity index (χ1n) is 6.46. The number of ketones is 1. The van der Waals surface area contributed by atoms with E-state index in [1.807, 2.05) is 37.3 Å². The molecule has 0 fully saturated rings. The van der Waals surface area contributed by atoms with E-state index in [9.17, 15) is 9.59 Å². The molecule has 1 aromatic carbocycles. The average Bonchev–Trinajstić information content (AvgIpc) is 2.37. The molecule has 0 aromatic heterocycles. The van der Waals surface area contributed by atoms with Gasteiger partial charge in [0.1, 0.15) is 0 Å². The fraction of sp³-hybridized carbons (Fsp3) is 0.467. The quantitative estimate of drug-likeness (QED) is 0.716. The maximum atomic E-state index is 12.3. The van der Waals surface area contributed by atoms with Crippen molar-refractivity contribution in [2.45, 2.75) is 39.0 Å². The molecular formula is C15H20O3. The second kappa shape index (κ2) is 7.64. The molecule has 0 aliphatic heterocycles.